The minimum Gasteiger partial charge on any atom is -0.443 e. The van der Waals surface area contributed by atoms with Crippen molar-refractivity contribution in [2.45, 2.75) is 26.4 Å². The first kappa shape index (κ1) is 18.4. The van der Waals surface area contributed by atoms with E-state index < -0.39 is 0 Å². The van der Waals surface area contributed by atoms with Crippen LogP contribution in [0.3, 0.4) is 0 Å². The van der Waals surface area contributed by atoms with Crippen LogP contribution in [0.15, 0.2) is 52.5 Å². The number of aromatic nitrogens is 1. The first-order chi connectivity index (χ1) is 13.6. The predicted octanol–water partition coefficient (Wildman–Crippen LogP) is 3.38. The molecule has 2 amide bonds. The lowest BCUT2D eigenvalue weighted by Crippen LogP contribution is -2.32. The van der Waals surface area contributed by atoms with Crippen LogP contribution in [0.4, 0.5) is 0 Å². The van der Waals surface area contributed by atoms with E-state index in [1.807, 2.05) is 48.7 Å². The third kappa shape index (κ3) is 4.14. The Morgan fingerprint density at radius 1 is 1.32 bits per heavy atom. The molecule has 0 radical (unpaired) electrons. The maximum absolute atomic E-state index is 12.5. The summed E-state index contributed by atoms with van der Waals surface area (Å²) in [4.78, 5) is 31.9. The van der Waals surface area contributed by atoms with E-state index in [1.54, 1.807) is 22.5 Å². The van der Waals surface area contributed by atoms with Crippen LogP contribution in [0.25, 0.3) is 10.8 Å². The van der Waals surface area contributed by atoms with Gasteiger partial charge in [0.1, 0.15) is 6.26 Å². The topological polar surface area (TPSA) is 75.4 Å². The van der Waals surface area contributed by atoms with Gasteiger partial charge in [0.25, 0.3) is 0 Å². The molecule has 1 fully saturated rings. The molecule has 6 nitrogen and oxygen atoms in total. The number of nitrogens with one attached hydrogen (secondary N) is 1. The number of thiophene rings is 1. The van der Waals surface area contributed by atoms with E-state index >= 15 is 0 Å². The fourth-order valence-corrected chi connectivity index (χ4v) is 3.89. The molecular formula is C21H21N3O3S. The van der Waals surface area contributed by atoms with E-state index in [1.165, 1.54) is 5.56 Å². The van der Waals surface area contributed by atoms with Crippen LogP contribution in [-0.2, 0) is 22.7 Å². The molecule has 1 N–H and O–H groups in total. The maximum atomic E-state index is 12.5. The first-order valence-corrected chi connectivity index (χ1v) is 10.1. The largest absolute Gasteiger partial charge is 0.443 e. The molecule has 144 valence electrons. The number of amides is 2. The molecule has 3 heterocycles. The summed E-state index contributed by atoms with van der Waals surface area (Å²) in [7, 11) is 0. The molecular weight excluding hydrogens is 374 g/mol. The Labute approximate surface area is 167 Å². The highest BCUT2D eigenvalue weighted by Crippen LogP contribution is 2.24. The van der Waals surface area contributed by atoms with E-state index in [0.29, 0.717) is 24.7 Å². The summed E-state index contributed by atoms with van der Waals surface area (Å²) in [6, 6.07) is 12.0. The monoisotopic (exact) mass is 395 g/mol. The predicted molar refractivity (Wildman–Crippen MR) is 106 cm³/mol. The highest BCUT2D eigenvalue weighted by atomic mass is 32.1. The van der Waals surface area contributed by atoms with Crippen molar-refractivity contribution in [3.63, 3.8) is 0 Å². The van der Waals surface area contributed by atoms with Crippen molar-refractivity contribution >= 4 is 23.2 Å². The molecule has 0 aliphatic carbocycles. The van der Waals surface area contributed by atoms with Crippen LogP contribution in [0.1, 0.15) is 23.2 Å². The van der Waals surface area contributed by atoms with Gasteiger partial charge in [-0.05, 0) is 23.9 Å². The Morgan fingerprint density at radius 3 is 2.89 bits per heavy atom. The average molecular weight is 395 g/mol. The Balaban J connectivity index is 1.30. The summed E-state index contributed by atoms with van der Waals surface area (Å²) < 4.78 is 5.46. The zero-order valence-electron chi connectivity index (χ0n) is 15.6. The van der Waals surface area contributed by atoms with Gasteiger partial charge in [-0.2, -0.15) is 0 Å². The highest BCUT2D eigenvalue weighted by Gasteiger charge is 2.34. The van der Waals surface area contributed by atoms with Crippen LogP contribution in [0, 0.1) is 12.8 Å². The van der Waals surface area contributed by atoms with Crippen molar-refractivity contribution in [3.8, 4) is 10.8 Å². The van der Waals surface area contributed by atoms with E-state index in [2.05, 4.69) is 10.3 Å². The summed E-state index contributed by atoms with van der Waals surface area (Å²) in [5.74, 6) is 0.115. The highest BCUT2D eigenvalue weighted by molar-refractivity contribution is 7.13. The van der Waals surface area contributed by atoms with Gasteiger partial charge in [-0.1, -0.05) is 35.9 Å². The SMILES string of the molecule is Cc1ccc(CN2C[C@H](C(=O)NCc3coc(-c4cccs4)n3)CC2=O)cc1. The van der Waals surface area contributed by atoms with Crippen LogP contribution >= 0.6 is 11.3 Å². The zero-order chi connectivity index (χ0) is 19.5. The lowest BCUT2D eigenvalue weighted by Gasteiger charge is -2.16. The number of oxazole rings is 1. The second-order valence-corrected chi connectivity index (χ2v) is 7.95. The van der Waals surface area contributed by atoms with Crippen molar-refractivity contribution < 1.29 is 14.0 Å². The number of carbonyl (C=O) groups is 2. The summed E-state index contributed by atoms with van der Waals surface area (Å²) in [5, 5.41) is 4.83. The molecule has 3 aromatic rings. The molecule has 2 aromatic heterocycles. The maximum Gasteiger partial charge on any atom is 0.236 e. The number of likely N-dealkylation sites (tertiary alicyclic amines) is 1. The molecule has 4 rings (SSSR count). The van der Waals surface area contributed by atoms with E-state index in [0.717, 1.165) is 10.4 Å². The number of nitrogens with zero attached hydrogens (tertiary/aromatic N) is 2. The normalized spacial score (nSPS) is 16.5. The summed E-state index contributed by atoms with van der Waals surface area (Å²) in [5.41, 5.74) is 2.92. The van der Waals surface area contributed by atoms with Crippen molar-refractivity contribution in [1.29, 1.82) is 0 Å². The van der Waals surface area contributed by atoms with Crippen LogP contribution in [-0.4, -0.2) is 28.2 Å². The van der Waals surface area contributed by atoms with Gasteiger partial charge in [-0.3, -0.25) is 9.59 Å². The third-order valence-electron chi connectivity index (χ3n) is 4.81. The van der Waals surface area contributed by atoms with Gasteiger partial charge in [0.2, 0.25) is 17.7 Å². The van der Waals surface area contributed by atoms with Crippen molar-refractivity contribution in [3.05, 3.63) is 64.9 Å². The smallest absolute Gasteiger partial charge is 0.236 e. The Bertz CT molecular complexity index is 963. The lowest BCUT2D eigenvalue weighted by atomic mass is 10.1. The lowest BCUT2D eigenvalue weighted by molar-refractivity contribution is -0.129. The third-order valence-corrected chi connectivity index (χ3v) is 5.66. The van der Waals surface area contributed by atoms with E-state index in [9.17, 15) is 9.59 Å². The molecule has 0 spiro atoms. The summed E-state index contributed by atoms with van der Waals surface area (Å²) in [6.07, 6.45) is 1.80. The number of benzene rings is 1. The molecule has 1 atom stereocenters. The van der Waals surface area contributed by atoms with Gasteiger partial charge >= 0.3 is 0 Å². The van der Waals surface area contributed by atoms with Crippen LogP contribution in [0.2, 0.25) is 0 Å². The number of hydrogen-bond donors (Lipinski definition) is 1. The fourth-order valence-electron chi connectivity index (χ4n) is 3.24. The van der Waals surface area contributed by atoms with Gasteiger partial charge in [0.15, 0.2) is 0 Å². The number of aryl methyl sites for hydroxylation is 1. The molecule has 7 heteroatoms. The average Bonchev–Trinajstić information content (AvgIpc) is 3.43. The van der Waals surface area contributed by atoms with Gasteiger partial charge in [-0.25, -0.2) is 4.98 Å². The molecule has 0 saturated carbocycles. The van der Waals surface area contributed by atoms with Gasteiger partial charge in [0.05, 0.1) is 23.0 Å². The number of hydrogen-bond acceptors (Lipinski definition) is 5. The Morgan fingerprint density at radius 2 is 2.14 bits per heavy atom. The molecule has 1 aromatic carbocycles. The first-order valence-electron chi connectivity index (χ1n) is 9.18. The summed E-state index contributed by atoms with van der Waals surface area (Å²) >= 11 is 1.55. The number of carbonyl (C=O) groups excluding carboxylic acids is 2. The van der Waals surface area contributed by atoms with Crippen molar-refractivity contribution in [1.82, 2.24) is 15.2 Å². The van der Waals surface area contributed by atoms with Crippen LogP contribution < -0.4 is 5.32 Å². The molecule has 1 saturated heterocycles. The van der Waals surface area contributed by atoms with Crippen molar-refractivity contribution in [2.75, 3.05) is 6.54 Å². The van der Waals surface area contributed by atoms with Crippen molar-refractivity contribution in [2.24, 2.45) is 5.92 Å². The minimum absolute atomic E-state index is 0.0159. The van der Waals surface area contributed by atoms with Crippen LogP contribution in [0.5, 0.6) is 0 Å². The van der Waals surface area contributed by atoms with Gasteiger partial charge in [-0.15, -0.1) is 11.3 Å². The van der Waals surface area contributed by atoms with E-state index in [4.69, 9.17) is 4.42 Å². The minimum atomic E-state index is -0.332. The fraction of sp³-hybridized carbons (Fsp3) is 0.286. The quantitative estimate of drug-likeness (QED) is 0.694. The Hall–Kier alpha value is -2.93. The molecule has 1 aliphatic heterocycles. The summed E-state index contributed by atoms with van der Waals surface area (Å²) in [6.45, 7) is 3.30. The van der Waals surface area contributed by atoms with Gasteiger partial charge < -0.3 is 14.6 Å². The molecule has 1 aliphatic rings. The second-order valence-electron chi connectivity index (χ2n) is 7.00. The molecule has 28 heavy (non-hydrogen) atoms. The molecule has 0 bridgehead atoms. The number of rotatable bonds is 6. The Kier molecular flexibility index (Phi) is 5.25. The van der Waals surface area contributed by atoms with Gasteiger partial charge in [0, 0.05) is 19.5 Å². The zero-order valence-corrected chi connectivity index (χ0v) is 16.4. The second kappa shape index (κ2) is 7.98. The molecule has 0 unspecified atom stereocenters. The van der Waals surface area contributed by atoms with E-state index in [-0.39, 0.29) is 30.7 Å². The standard InChI is InChI=1S/C21H21N3O3S/c1-14-4-6-15(7-5-14)11-24-12-16(9-19(24)25)20(26)22-10-17-13-27-21(23-17)18-3-2-8-28-18/h2-8,13,16H,9-12H2,1H3,(H,22,26)/t16-/m1/s1.